The molecule has 0 radical (unpaired) electrons. The summed E-state index contributed by atoms with van der Waals surface area (Å²) >= 11 is 0. The fraction of sp³-hybridized carbons (Fsp3) is 0.429. The highest BCUT2D eigenvalue weighted by Crippen LogP contribution is 2.31. The standard InChI is InChI=1S/C21H24FN7O3/c1-23-18-9-17(25-14-3-2-8-28(21(14)32)15-6-7-16(15)30)27-19-11(10-24-29(18)19)20(31)26-13-5-4-12(13)22/h2-3,8-10,12-13,15-16,23,30H,4-7H2,1H3,(H,25,27)(H,26,31)/t12-,13-,15+,16-/m1/s1. The van der Waals surface area contributed by atoms with Crippen molar-refractivity contribution in [3.8, 4) is 0 Å². The third-order valence-electron chi connectivity index (χ3n) is 6.28. The van der Waals surface area contributed by atoms with Crippen LogP contribution in [0.1, 0.15) is 42.1 Å². The topological polar surface area (TPSA) is 126 Å². The molecule has 0 aliphatic heterocycles. The molecular formula is C21H24FN7O3. The van der Waals surface area contributed by atoms with Gasteiger partial charge in [-0.3, -0.25) is 9.59 Å². The van der Waals surface area contributed by atoms with E-state index in [0.29, 0.717) is 36.6 Å². The molecule has 3 aromatic rings. The molecule has 0 aromatic carbocycles. The SMILES string of the molecule is CNc1cc(Nc2cccn([C@H]3CC[C@H]3O)c2=O)nc2c(C(=O)N[C@@H]3CC[C@H]3F)cnn12. The van der Waals surface area contributed by atoms with Crippen molar-refractivity contribution in [2.75, 3.05) is 17.7 Å². The van der Waals surface area contributed by atoms with Crippen molar-refractivity contribution in [1.82, 2.24) is 24.5 Å². The third kappa shape index (κ3) is 3.38. The first-order chi connectivity index (χ1) is 15.5. The number of anilines is 3. The van der Waals surface area contributed by atoms with Crippen LogP contribution in [-0.4, -0.2) is 55.5 Å². The number of amides is 1. The number of carbonyl (C=O) groups excluding carboxylic acids is 1. The molecule has 2 aliphatic carbocycles. The van der Waals surface area contributed by atoms with Gasteiger partial charge in [-0.25, -0.2) is 9.37 Å². The quantitative estimate of drug-likeness (QED) is 0.458. The second-order valence-electron chi connectivity index (χ2n) is 8.21. The van der Waals surface area contributed by atoms with E-state index in [0.717, 1.165) is 6.42 Å². The van der Waals surface area contributed by atoms with Crippen molar-refractivity contribution in [3.63, 3.8) is 0 Å². The Morgan fingerprint density at radius 1 is 1.28 bits per heavy atom. The number of alkyl halides is 1. The minimum atomic E-state index is -1.03. The average molecular weight is 441 g/mol. The summed E-state index contributed by atoms with van der Waals surface area (Å²) in [5, 5.41) is 22.9. The predicted molar refractivity (Wildman–Crippen MR) is 116 cm³/mol. The summed E-state index contributed by atoms with van der Waals surface area (Å²) in [6.07, 6.45) is 3.96. The molecule has 4 N–H and O–H groups in total. The van der Waals surface area contributed by atoms with E-state index in [1.807, 2.05) is 0 Å². The zero-order valence-corrected chi connectivity index (χ0v) is 17.5. The molecule has 11 heteroatoms. The van der Waals surface area contributed by atoms with Crippen LogP contribution in [0.5, 0.6) is 0 Å². The van der Waals surface area contributed by atoms with Gasteiger partial charge in [0.05, 0.1) is 24.4 Å². The largest absolute Gasteiger partial charge is 0.391 e. The lowest BCUT2D eigenvalue weighted by molar-refractivity contribution is 0.0300. The van der Waals surface area contributed by atoms with Gasteiger partial charge in [0.2, 0.25) is 0 Å². The first-order valence-electron chi connectivity index (χ1n) is 10.6. The zero-order valence-electron chi connectivity index (χ0n) is 17.5. The molecular weight excluding hydrogens is 417 g/mol. The lowest BCUT2D eigenvalue weighted by Gasteiger charge is -2.34. The number of nitrogens with zero attached hydrogens (tertiary/aromatic N) is 4. The van der Waals surface area contributed by atoms with E-state index >= 15 is 0 Å². The van der Waals surface area contributed by atoms with Crippen LogP contribution in [-0.2, 0) is 0 Å². The molecule has 5 rings (SSSR count). The molecule has 32 heavy (non-hydrogen) atoms. The van der Waals surface area contributed by atoms with Crippen LogP contribution in [0.2, 0.25) is 0 Å². The summed E-state index contributed by atoms with van der Waals surface area (Å²) in [4.78, 5) is 30.1. The fourth-order valence-corrected chi connectivity index (χ4v) is 4.03. The van der Waals surface area contributed by atoms with Crippen molar-refractivity contribution in [1.29, 1.82) is 0 Å². The van der Waals surface area contributed by atoms with Crippen molar-refractivity contribution in [2.24, 2.45) is 0 Å². The second kappa shape index (κ2) is 7.90. The van der Waals surface area contributed by atoms with Crippen molar-refractivity contribution >= 4 is 28.9 Å². The Hall–Kier alpha value is -3.47. The van der Waals surface area contributed by atoms with Gasteiger partial charge in [0.25, 0.3) is 11.5 Å². The average Bonchev–Trinajstić information content (AvgIpc) is 3.21. The molecule has 0 unspecified atom stereocenters. The minimum absolute atomic E-state index is 0.215. The number of halogens is 1. The van der Waals surface area contributed by atoms with Gasteiger partial charge in [-0.1, -0.05) is 0 Å². The molecule has 0 saturated heterocycles. The van der Waals surface area contributed by atoms with E-state index in [2.05, 4.69) is 26.0 Å². The van der Waals surface area contributed by atoms with Crippen molar-refractivity contribution < 1.29 is 14.3 Å². The van der Waals surface area contributed by atoms with Gasteiger partial charge in [-0.15, -0.1) is 0 Å². The predicted octanol–water partition coefficient (Wildman–Crippen LogP) is 1.60. The summed E-state index contributed by atoms with van der Waals surface area (Å²) in [6.45, 7) is 0. The van der Waals surface area contributed by atoms with Gasteiger partial charge in [0.1, 0.15) is 29.1 Å². The van der Waals surface area contributed by atoms with E-state index in [-0.39, 0.29) is 22.8 Å². The Kier molecular flexibility index (Phi) is 5.04. The molecule has 3 heterocycles. The van der Waals surface area contributed by atoms with Crippen LogP contribution in [0.4, 0.5) is 21.7 Å². The van der Waals surface area contributed by atoms with Gasteiger partial charge >= 0.3 is 0 Å². The van der Waals surface area contributed by atoms with E-state index in [1.165, 1.54) is 15.3 Å². The molecule has 168 valence electrons. The van der Waals surface area contributed by atoms with Crippen LogP contribution in [0.3, 0.4) is 0 Å². The zero-order chi connectivity index (χ0) is 22.4. The Balaban J connectivity index is 1.48. The van der Waals surface area contributed by atoms with Gasteiger partial charge in [-0.05, 0) is 37.8 Å². The normalized spacial score (nSPS) is 24.5. The third-order valence-corrected chi connectivity index (χ3v) is 6.28. The van der Waals surface area contributed by atoms with E-state index in [1.54, 1.807) is 31.4 Å². The van der Waals surface area contributed by atoms with Crippen LogP contribution >= 0.6 is 0 Å². The molecule has 2 saturated carbocycles. The Bertz CT molecular complexity index is 1240. The second-order valence-corrected chi connectivity index (χ2v) is 8.21. The lowest BCUT2D eigenvalue weighted by Crippen LogP contribution is -2.48. The molecule has 0 spiro atoms. The summed E-state index contributed by atoms with van der Waals surface area (Å²) in [5.41, 5.74) is 0.518. The molecule has 0 bridgehead atoms. The van der Waals surface area contributed by atoms with Crippen LogP contribution in [0.15, 0.2) is 35.4 Å². The fourth-order valence-electron chi connectivity index (χ4n) is 4.03. The number of aliphatic hydroxyl groups excluding tert-OH is 1. The number of rotatable bonds is 6. The van der Waals surface area contributed by atoms with E-state index < -0.39 is 24.2 Å². The van der Waals surface area contributed by atoms with Gasteiger partial charge < -0.3 is 25.6 Å². The maximum Gasteiger partial charge on any atom is 0.274 e. The van der Waals surface area contributed by atoms with Gasteiger partial charge in [0, 0.05) is 19.3 Å². The number of carbonyl (C=O) groups is 1. The van der Waals surface area contributed by atoms with E-state index in [9.17, 15) is 19.1 Å². The maximum absolute atomic E-state index is 13.6. The molecule has 4 atom stereocenters. The summed E-state index contributed by atoms with van der Waals surface area (Å²) < 4.78 is 16.6. The van der Waals surface area contributed by atoms with Gasteiger partial charge in [-0.2, -0.15) is 9.61 Å². The first kappa shape index (κ1) is 20.4. The van der Waals surface area contributed by atoms with E-state index in [4.69, 9.17) is 0 Å². The number of aliphatic hydroxyl groups is 1. The molecule has 3 aromatic heterocycles. The number of fused-ring (bicyclic) bond motifs is 1. The highest BCUT2D eigenvalue weighted by atomic mass is 19.1. The summed E-state index contributed by atoms with van der Waals surface area (Å²) in [7, 11) is 1.70. The monoisotopic (exact) mass is 441 g/mol. The minimum Gasteiger partial charge on any atom is -0.391 e. The number of aromatic nitrogens is 4. The number of nitrogens with one attached hydrogen (secondary N) is 3. The van der Waals surface area contributed by atoms with Gasteiger partial charge in [0.15, 0.2) is 5.65 Å². The highest BCUT2D eigenvalue weighted by molar-refractivity contribution is 6.00. The number of hydrogen-bond donors (Lipinski definition) is 4. The molecule has 10 nitrogen and oxygen atoms in total. The smallest absolute Gasteiger partial charge is 0.274 e. The Morgan fingerprint density at radius 2 is 2.12 bits per heavy atom. The lowest BCUT2D eigenvalue weighted by atomic mass is 9.89. The highest BCUT2D eigenvalue weighted by Gasteiger charge is 2.33. The number of hydrogen-bond acceptors (Lipinski definition) is 7. The van der Waals surface area contributed by atoms with Crippen molar-refractivity contribution in [3.05, 3.63) is 46.5 Å². The molecule has 2 aliphatic rings. The molecule has 2 fully saturated rings. The van der Waals surface area contributed by atoms with Crippen LogP contribution < -0.4 is 21.5 Å². The Morgan fingerprint density at radius 3 is 2.75 bits per heavy atom. The first-order valence-corrected chi connectivity index (χ1v) is 10.6. The number of pyridine rings is 1. The van der Waals surface area contributed by atoms with Crippen LogP contribution in [0.25, 0.3) is 5.65 Å². The summed E-state index contributed by atoms with van der Waals surface area (Å²) in [6, 6.07) is 4.31. The van der Waals surface area contributed by atoms with Crippen molar-refractivity contribution in [2.45, 2.75) is 50.0 Å². The Labute approximate surface area is 182 Å². The van der Waals surface area contributed by atoms with Crippen LogP contribution in [0, 0.1) is 0 Å². The maximum atomic E-state index is 13.6. The summed E-state index contributed by atoms with van der Waals surface area (Å²) in [5.74, 6) is 0.446. The molecule has 1 amide bonds.